The van der Waals surface area contributed by atoms with Crippen molar-refractivity contribution in [2.24, 2.45) is 7.05 Å². The van der Waals surface area contributed by atoms with Crippen LogP contribution in [0.2, 0.25) is 0 Å². The van der Waals surface area contributed by atoms with Crippen LogP contribution in [0.4, 0.5) is 5.82 Å². The number of piperazine rings is 1. The summed E-state index contributed by atoms with van der Waals surface area (Å²) in [6.07, 6.45) is 3.70. The van der Waals surface area contributed by atoms with Crippen LogP contribution in [0.3, 0.4) is 0 Å². The first-order chi connectivity index (χ1) is 14.8. The van der Waals surface area contributed by atoms with Crippen LogP contribution in [0.15, 0.2) is 9.70 Å². The average molecular weight is 460 g/mol. The number of likely N-dealkylation sites (N-methyl/N-ethyl adjacent to an activating group) is 1. The third-order valence-electron chi connectivity index (χ3n) is 5.97. The Balaban J connectivity index is 2.09. The number of hydrogen-bond acceptors (Lipinski definition) is 7. The molecule has 1 amide bonds. The minimum absolute atomic E-state index is 0.100. The molecule has 0 unspecified atom stereocenters. The topological polar surface area (TPSA) is 72.6 Å². The molecule has 7 nitrogen and oxygen atoms in total. The van der Waals surface area contributed by atoms with Crippen molar-refractivity contribution >= 4 is 46.1 Å². The number of anilines is 1. The zero-order valence-corrected chi connectivity index (χ0v) is 20.2. The van der Waals surface area contributed by atoms with E-state index in [4.69, 9.17) is 12.2 Å². The van der Waals surface area contributed by atoms with Gasteiger partial charge in [-0.2, -0.15) is 5.26 Å². The Morgan fingerprint density at radius 3 is 2.45 bits per heavy atom. The smallest absolute Gasteiger partial charge is 0.270 e. The summed E-state index contributed by atoms with van der Waals surface area (Å²) in [7, 11) is 1.70. The lowest BCUT2D eigenvalue weighted by Gasteiger charge is -2.37. The highest BCUT2D eigenvalue weighted by molar-refractivity contribution is 8.26. The highest BCUT2D eigenvalue weighted by Gasteiger charge is 2.33. The summed E-state index contributed by atoms with van der Waals surface area (Å²) in [5, 5.41) is 9.60. The van der Waals surface area contributed by atoms with E-state index in [2.05, 4.69) is 29.7 Å². The van der Waals surface area contributed by atoms with Crippen LogP contribution in [-0.4, -0.2) is 63.9 Å². The van der Waals surface area contributed by atoms with Crippen LogP contribution < -0.4 is 10.5 Å². The van der Waals surface area contributed by atoms with Crippen molar-refractivity contribution in [2.45, 2.75) is 33.6 Å². The van der Waals surface area contributed by atoms with Gasteiger partial charge in [-0.05, 0) is 31.5 Å². The second-order valence-electron chi connectivity index (χ2n) is 7.82. The van der Waals surface area contributed by atoms with E-state index in [0.717, 1.165) is 56.9 Å². The van der Waals surface area contributed by atoms with Gasteiger partial charge in [0.05, 0.1) is 4.91 Å². The predicted molar refractivity (Wildman–Crippen MR) is 130 cm³/mol. The molecule has 3 rings (SSSR count). The summed E-state index contributed by atoms with van der Waals surface area (Å²) in [4.78, 5) is 32.6. The molecule has 0 aliphatic carbocycles. The Labute approximate surface area is 193 Å². The highest BCUT2D eigenvalue weighted by atomic mass is 32.2. The molecule has 1 aromatic heterocycles. The number of rotatable bonds is 6. The molecule has 0 N–H and O–H groups in total. The van der Waals surface area contributed by atoms with Crippen LogP contribution in [0.25, 0.3) is 6.08 Å². The van der Waals surface area contributed by atoms with E-state index in [1.165, 1.54) is 11.8 Å². The standard InChI is InChI=1S/C22H29N5O2S2/c1-5-7-8-27-21(29)18(31-22(27)30)13-16-15(3)17(14-23)20(28)24(4)19(16)26-11-9-25(6-2)10-12-26/h13H,5-12H2,1-4H3. The van der Waals surface area contributed by atoms with E-state index < -0.39 is 0 Å². The molecule has 2 saturated heterocycles. The zero-order chi connectivity index (χ0) is 22.7. The number of carbonyl (C=O) groups excluding carboxylic acids is 1. The van der Waals surface area contributed by atoms with Gasteiger partial charge in [0.2, 0.25) is 0 Å². The molecule has 9 heteroatoms. The Morgan fingerprint density at radius 1 is 1.19 bits per heavy atom. The lowest BCUT2D eigenvalue weighted by atomic mass is 10.0. The lowest BCUT2D eigenvalue weighted by Crippen LogP contribution is -2.48. The van der Waals surface area contributed by atoms with Gasteiger partial charge in [-0.15, -0.1) is 0 Å². The number of thioether (sulfide) groups is 1. The first kappa shape index (κ1) is 23.5. The molecule has 0 atom stereocenters. The fourth-order valence-electron chi connectivity index (χ4n) is 4.01. The number of unbranched alkanes of at least 4 members (excludes halogenated alkanes) is 1. The molecule has 0 spiro atoms. The average Bonchev–Trinajstić information content (AvgIpc) is 3.03. The van der Waals surface area contributed by atoms with Crippen molar-refractivity contribution in [1.29, 1.82) is 5.26 Å². The van der Waals surface area contributed by atoms with Crippen molar-refractivity contribution in [3.05, 3.63) is 31.9 Å². The van der Waals surface area contributed by atoms with Gasteiger partial charge in [0.15, 0.2) is 0 Å². The second-order valence-corrected chi connectivity index (χ2v) is 9.50. The van der Waals surface area contributed by atoms with Gasteiger partial charge in [-0.3, -0.25) is 19.1 Å². The number of carbonyl (C=O) groups is 1. The van der Waals surface area contributed by atoms with E-state index in [-0.39, 0.29) is 17.0 Å². The number of amides is 1. The molecule has 166 valence electrons. The highest BCUT2D eigenvalue weighted by Crippen LogP contribution is 2.36. The van der Waals surface area contributed by atoms with Crippen molar-refractivity contribution in [3.63, 3.8) is 0 Å². The maximum absolute atomic E-state index is 13.0. The summed E-state index contributed by atoms with van der Waals surface area (Å²) in [5.41, 5.74) is 1.17. The normalized spacial score (nSPS) is 18.9. The molecular formula is C22H29N5O2S2. The number of nitrogens with zero attached hydrogens (tertiary/aromatic N) is 5. The van der Waals surface area contributed by atoms with Crippen LogP contribution in [-0.2, 0) is 11.8 Å². The molecule has 2 aliphatic heterocycles. The van der Waals surface area contributed by atoms with Gasteiger partial charge in [0.1, 0.15) is 21.8 Å². The molecular weight excluding hydrogens is 430 g/mol. The largest absolute Gasteiger partial charge is 0.355 e. The van der Waals surface area contributed by atoms with Crippen molar-refractivity contribution < 1.29 is 4.79 Å². The number of hydrogen-bond donors (Lipinski definition) is 0. The number of pyridine rings is 1. The monoisotopic (exact) mass is 459 g/mol. The van der Waals surface area contributed by atoms with Gasteiger partial charge >= 0.3 is 0 Å². The maximum Gasteiger partial charge on any atom is 0.270 e. The molecule has 0 bridgehead atoms. The van der Waals surface area contributed by atoms with Gasteiger partial charge < -0.3 is 9.80 Å². The zero-order valence-electron chi connectivity index (χ0n) is 18.6. The first-order valence-corrected chi connectivity index (χ1v) is 11.9. The molecule has 2 aliphatic rings. The molecule has 0 saturated carbocycles. The van der Waals surface area contributed by atoms with E-state index in [9.17, 15) is 14.9 Å². The molecule has 0 aromatic carbocycles. The Morgan fingerprint density at radius 2 is 1.87 bits per heavy atom. The minimum Gasteiger partial charge on any atom is -0.355 e. The quantitative estimate of drug-likeness (QED) is 0.478. The third kappa shape index (κ3) is 4.56. The van der Waals surface area contributed by atoms with Crippen molar-refractivity contribution in [1.82, 2.24) is 14.4 Å². The van der Waals surface area contributed by atoms with Gasteiger partial charge in [0, 0.05) is 45.3 Å². The number of aromatic nitrogens is 1. The maximum atomic E-state index is 13.0. The molecule has 1 aromatic rings. The van der Waals surface area contributed by atoms with Gasteiger partial charge in [-0.25, -0.2) is 0 Å². The van der Waals surface area contributed by atoms with Gasteiger partial charge in [-0.1, -0.05) is 44.2 Å². The van der Waals surface area contributed by atoms with Crippen LogP contribution in [0.1, 0.15) is 43.4 Å². The van der Waals surface area contributed by atoms with Crippen molar-refractivity contribution in [2.75, 3.05) is 44.2 Å². The summed E-state index contributed by atoms with van der Waals surface area (Å²) in [5.74, 6) is 0.660. The van der Waals surface area contributed by atoms with Crippen LogP contribution in [0, 0.1) is 18.3 Å². The fraction of sp³-hybridized carbons (Fsp3) is 0.545. The summed E-state index contributed by atoms with van der Waals surface area (Å²) >= 11 is 6.73. The fourth-order valence-corrected chi connectivity index (χ4v) is 5.30. The summed E-state index contributed by atoms with van der Waals surface area (Å²) in [6.45, 7) is 11.0. The Kier molecular flexibility index (Phi) is 7.57. The lowest BCUT2D eigenvalue weighted by molar-refractivity contribution is -0.122. The number of nitriles is 1. The third-order valence-corrected chi connectivity index (χ3v) is 7.35. The second kappa shape index (κ2) is 9.98. The van der Waals surface area contributed by atoms with Crippen LogP contribution in [0.5, 0.6) is 0 Å². The molecule has 0 radical (unpaired) electrons. The first-order valence-electron chi connectivity index (χ1n) is 10.7. The molecule has 31 heavy (non-hydrogen) atoms. The summed E-state index contributed by atoms with van der Waals surface area (Å²) in [6, 6.07) is 2.06. The van der Waals surface area contributed by atoms with Gasteiger partial charge in [0.25, 0.3) is 11.5 Å². The van der Waals surface area contributed by atoms with Crippen molar-refractivity contribution in [3.8, 4) is 6.07 Å². The minimum atomic E-state index is -0.305. The summed E-state index contributed by atoms with van der Waals surface area (Å²) < 4.78 is 2.11. The Hall–Kier alpha value is -2.15. The molecule has 3 heterocycles. The van der Waals surface area contributed by atoms with E-state index in [1.807, 2.05) is 6.08 Å². The van der Waals surface area contributed by atoms with E-state index in [0.29, 0.717) is 21.3 Å². The SMILES string of the molecule is CCCCN1C(=O)C(=Cc2c(C)c(C#N)c(=O)n(C)c2N2CCN(CC)CC2)SC1=S. The van der Waals surface area contributed by atoms with Crippen LogP contribution >= 0.6 is 24.0 Å². The predicted octanol–water partition coefficient (Wildman–Crippen LogP) is 2.71. The number of thiocarbonyl (C=S) groups is 1. The van der Waals surface area contributed by atoms with E-state index >= 15 is 0 Å². The van der Waals surface area contributed by atoms with E-state index in [1.54, 1.807) is 23.4 Å². The molecule has 2 fully saturated rings. The Bertz CT molecular complexity index is 1020.